The van der Waals surface area contributed by atoms with Crippen molar-refractivity contribution >= 4 is 11.8 Å². The lowest BCUT2D eigenvalue weighted by molar-refractivity contribution is -0.139. The van der Waals surface area contributed by atoms with Crippen LogP contribution < -0.4 is 0 Å². The molecule has 1 saturated carbocycles. The highest BCUT2D eigenvalue weighted by atomic mass is 16.5. The first-order chi connectivity index (χ1) is 11.5. The quantitative estimate of drug-likeness (QED) is 0.755. The highest BCUT2D eigenvalue weighted by molar-refractivity contribution is 5.78. The predicted molar refractivity (Wildman–Crippen MR) is 93.7 cm³/mol. The van der Waals surface area contributed by atoms with Crippen LogP contribution in [0.15, 0.2) is 0 Å². The zero-order valence-corrected chi connectivity index (χ0v) is 15.5. The van der Waals surface area contributed by atoms with Crippen molar-refractivity contribution in [1.29, 1.82) is 0 Å². The average molecular weight is 339 g/mol. The first-order valence-corrected chi connectivity index (χ1v) is 9.29. The molecule has 2 aliphatic rings. The molecule has 2 amide bonds. The number of carbonyl (C=O) groups is 2. The maximum Gasteiger partial charge on any atom is 0.248 e. The van der Waals surface area contributed by atoms with Gasteiger partial charge in [0.2, 0.25) is 11.8 Å². The van der Waals surface area contributed by atoms with Gasteiger partial charge in [0, 0.05) is 40.3 Å². The molecule has 1 aliphatic heterocycles. The van der Waals surface area contributed by atoms with Gasteiger partial charge in [-0.3, -0.25) is 14.5 Å². The fourth-order valence-corrected chi connectivity index (χ4v) is 3.51. The number of rotatable bonds is 5. The fraction of sp³-hybridized carbons (Fsp3) is 0.889. The SMILES string of the molecule is C[C@H]1CCCC[C@H]1OCC(=O)N1CCCN(CC(=O)N(C)C)CC1. The maximum absolute atomic E-state index is 12.4. The van der Waals surface area contributed by atoms with E-state index in [4.69, 9.17) is 4.74 Å². The van der Waals surface area contributed by atoms with E-state index in [2.05, 4.69) is 11.8 Å². The van der Waals surface area contributed by atoms with Gasteiger partial charge in [-0.2, -0.15) is 0 Å². The minimum absolute atomic E-state index is 0.0913. The number of likely N-dealkylation sites (N-methyl/N-ethyl adjacent to an activating group) is 1. The summed E-state index contributed by atoms with van der Waals surface area (Å²) in [6.45, 7) is 5.92. The summed E-state index contributed by atoms with van der Waals surface area (Å²) in [5.41, 5.74) is 0. The molecule has 1 saturated heterocycles. The van der Waals surface area contributed by atoms with Crippen LogP contribution in [-0.2, 0) is 14.3 Å². The molecular formula is C18H33N3O3. The van der Waals surface area contributed by atoms with Gasteiger partial charge in [0.1, 0.15) is 6.61 Å². The zero-order chi connectivity index (χ0) is 17.5. The monoisotopic (exact) mass is 339 g/mol. The van der Waals surface area contributed by atoms with E-state index in [9.17, 15) is 9.59 Å². The molecule has 0 aromatic carbocycles. The minimum Gasteiger partial charge on any atom is -0.368 e. The van der Waals surface area contributed by atoms with Crippen LogP contribution in [0.5, 0.6) is 0 Å². The molecule has 0 radical (unpaired) electrons. The second kappa shape index (κ2) is 9.37. The van der Waals surface area contributed by atoms with Crippen LogP contribution in [0.4, 0.5) is 0 Å². The van der Waals surface area contributed by atoms with Gasteiger partial charge in [-0.15, -0.1) is 0 Å². The van der Waals surface area contributed by atoms with Gasteiger partial charge >= 0.3 is 0 Å². The number of hydrogen-bond donors (Lipinski definition) is 0. The van der Waals surface area contributed by atoms with E-state index < -0.39 is 0 Å². The lowest BCUT2D eigenvalue weighted by Crippen LogP contribution is -2.41. The third kappa shape index (κ3) is 5.74. The lowest BCUT2D eigenvalue weighted by atomic mass is 9.88. The molecule has 0 unspecified atom stereocenters. The van der Waals surface area contributed by atoms with Crippen molar-refractivity contribution in [2.75, 3.05) is 53.4 Å². The van der Waals surface area contributed by atoms with Gasteiger partial charge in [0.05, 0.1) is 12.6 Å². The van der Waals surface area contributed by atoms with Crippen LogP contribution in [0.1, 0.15) is 39.0 Å². The van der Waals surface area contributed by atoms with Crippen molar-refractivity contribution < 1.29 is 14.3 Å². The van der Waals surface area contributed by atoms with E-state index in [0.717, 1.165) is 32.5 Å². The number of hydrogen-bond acceptors (Lipinski definition) is 4. The Labute approximate surface area is 146 Å². The smallest absolute Gasteiger partial charge is 0.248 e. The fourth-order valence-electron chi connectivity index (χ4n) is 3.51. The molecule has 6 nitrogen and oxygen atoms in total. The summed E-state index contributed by atoms with van der Waals surface area (Å²) >= 11 is 0. The maximum atomic E-state index is 12.4. The normalized spacial score (nSPS) is 26.0. The Kier molecular flexibility index (Phi) is 7.49. The lowest BCUT2D eigenvalue weighted by Gasteiger charge is -2.29. The predicted octanol–water partition coefficient (Wildman–Crippen LogP) is 1.20. The molecule has 0 bridgehead atoms. The molecule has 138 valence electrons. The van der Waals surface area contributed by atoms with Crippen molar-refractivity contribution in [3.05, 3.63) is 0 Å². The van der Waals surface area contributed by atoms with Crippen LogP contribution in [0.25, 0.3) is 0 Å². The molecule has 0 N–H and O–H groups in total. The Hall–Kier alpha value is -1.14. The van der Waals surface area contributed by atoms with Crippen molar-refractivity contribution in [2.45, 2.75) is 45.1 Å². The Morgan fingerprint density at radius 2 is 1.79 bits per heavy atom. The van der Waals surface area contributed by atoms with E-state index >= 15 is 0 Å². The molecule has 0 spiro atoms. The summed E-state index contributed by atoms with van der Waals surface area (Å²) in [5, 5.41) is 0. The second-order valence-electron chi connectivity index (χ2n) is 7.41. The van der Waals surface area contributed by atoms with E-state index in [1.165, 1.54) is 19.3 Å². The molecule has 1 heterocycles. The summed E-state index contributed by atoms with van der Waals surface area (Å²) in [5.74, 6) is 0.765. The number of ether oxygens (including phenoxy) is 1. The van der Waals surface area contributed by atoms with Crippen LogP contribution in [0.3, 0.4) is 0 Å². The van der Waals surface area contributed by atoms with Crippen LogP contribution in [0, 0.1) is 5.92 Å². The van der Waals surface area contributed by atoms with Crippen molar-refractivity contribution in [1.82, 2.24) is 14.7 Å². The van der Waals surface area contributed by atoms with E-state index in [1.54, 1.807) is 19.0 Å². The minimum atomic E-state index is 0.0913. The molecule has 1 aliphatic carbocycles. The van der Waals surface area contributed by atoms with Crippen LogP contribution >= 0.6 is 0 Å². The van der Waals surface area contributed by atoms with E-state index in [0.29, 0.717) is 19.0 Å². The van der Waals surface area contributed by atoms with Gasteiger partial charge in [0.25, 0.3) is 0 Å². The van der Waals surface area contributed by atoms with Gasteiger partial charge in [0.15, 0.2) is 0 Å². The third-order valence-corrected chi connectivity index (χ3v) is 5.25. The van der Waals surface area contributed by atoms with E-state index in [-0.39, 0.29) is 24.5 Å². The molecule has 0 aromatic rings. The summed E-state index contributed by atoms with van der Waals surface area (Å²) in [6, 6.07) is 0. The Morgan fingerprint density at radius 1 is 1.04 bits per heavy atom. The molecule has 2 fully saturated rings. The summed E-state index contributed by atoms with van der Waals surface area (Å²) in [7, 11) is 3.55. The molecule has 24 heavy (non-hydrogen) atoms. The summed E-state index contributed by atoms with van der Waals surface area (Å²) in [6.07, 6.45) is 5.92. The molecular weight excluding hydrogens is 306 g/mol. The summed E-state index contributed by atoms with van der Waals surface area (Å²) in [4.78, 5) is 29.9. The van der Waals surface area contributed by atoms with Crippen LogP contribution in [0.2, 0.25) is 0 Å². The number of amides is 2. The topological polar surface area (TPSA) is 53.1 Å². The Balaban J connectivity index is 1.74. The third-order valence-electron chi connectivity index (χ3n) is 5.25. The zero-order valence-electron chi connectivity index (χ0n) is 15.5. The van der Waals surface area contributed by atoms with Crippen LogP contribution in [-0.4, -0.2) is 86.0 Å². The van der Waals surface area contributed by atoms with Gasteiger partial charge in [-0.1, -0.05) is 19.8 Å². The highest BCUT2D eigenvalue weighted by Crippen LogP contribution is 2.26. The number of carbonyl (C=O) groups excluding carboxylic acids is 2. The molecule has 0 aromatic heterocycles. The van der Waals surface area contributed by atoms with Crippen molar-refractivity contribution in [3.63, 3.8) is 0 Å². The average Bonchev–Trinajstić information content (AvgIpc) is 2.79. The largest absolute Gasteiger partial charge is 0.368 e. The highest BCUT2D eigenvalue weighted by Gasteiger charge is 2.25. The van der Waals surface area contributed by atoms with E-state index in [1.807, 2.05) is 4.90 Å². The van der Waals surface area contributed by atoms with Crippen molar-refractivity contribution in [3.8, 4) is 0 Å². The second-order valence-corrected chi connectivity index (χ2v) is 7.41. The Bertz CT molecular complexity index is 428. The van der Waals surface area contributed by atoms with Gasteiger partial charge in [-0.25, -0.2) is 0 Å². The molecule has 2 atom stereocenters. The van der Waals surface area contributed by atoms with Crippen molar-refractivity contribution in [2.24, 2.45) is 5.92 Å². The standard InChI is InChI=1S/C18H33N3O3/c1-15-7-4-5-8-16(15)24-14-18(23)21-10-6-9-20(11-12-21)13-17(22)19(2)3/h15-16H,4-14H2,1-3H3/t15-,16+/m0/s1. The summed E-state index contributed by atoms with van der Waals surface area (Å²) < 4.78 is 5.91. The molecule has 2 rings (SSSR count). The number of nitrogens with zero attached hydrogens (tertiary/aromatic N) is 3. The first kappa shape index (κ1) is 19.2. The Morgan fingerprint density at radius 3 is 2.50 bits per heavy atom. The van der Waals surface area contributed by atoms with Gasteiger partial charge in [-0.05, 0) is 25.2 Å². The molecule has 6 heteroatoms. The first-order valence-electron chi connectivity index (χ1n) is 9.29. The van der Waals surface area contributed by atoms with Gasteiger partial charge < -0.3 is 14.5 Å².